The Morgan fingerprint density at radius 1 is 1.47 bits per heavy atom. The maximum absolute atomic E-state index is 8.60. The van der Waals surface area contributed by atoms with Crippen molar-refractivity contribution in [2.24, 2.45) is 5.92 Å². The summed E-state index contributed by atoms with van der Waals surface area (Å²) in [5, 5.41) is 12.1. The number of nitriles is 1. The Balaban J connectivity index is 1.91. The van der Waals surface area contributed by atoms with Crippen molar-refractivity contribution in [3.63, 3.8) is 0 Å². The van der Waals surface area contributed by atoms with Crippen LogP contribution in [-0.4, -0.2) is 19.3 Å². The Morgan fingerprint density at radius 3 is 2.82 bits per heavy atom. The van der Waals surface area contributed by atoms with Crippen LogP contribution in [0.1, 0.15) is 18.9 Å². The molecule has 2 rings (SSSR count). The summed E-state index contributed by atoms with van der Waals surface area (Å²) in [6.45, 7) is 3.95. The third kappa shape index (κ3) is 3.21. The quantitative estimate of drug-likeness (QED) is 0.864. The van der Waals surface area contributed by atoms with Gasteiger partial charge in [-0.2, -0.15) is 5.26 Å². The van der Waals surface area contributed by atoms with E-state index in [0.29, 0.717) is 18.4 Å². The van der Waals surface area contributed by atoms with Crippen molar-refractivity contribution in [3.05, 3.63) is 29.8 Å². The van der Waals surface area contributed by atoms with E-state index in [9.17, 15) is 0 Å². The van der Waals surface area contributed by atoms with Gasteiger partial charge in [0.1, 0.15) is 0 Å². The van der Waals surface area contributed by atoms with Crippen LogP contribution in [0.5, 0.6) is 0 Å². The fourth-order valence-electron chi connectivity index (χ4n) is 2.14. The molecule has 1 aliphatic rings. The molecule has 0 aliphatic carbocycles. The molecule has 3 heteroatoms. The zero-order valence-electron chi connectivity index (χ0n) is 10.1. The fraction of sp³-hybridized carbons (Fsp3) is 0.500. The second kappa shape index (κ2) is 5.70. The number of anilines is 1. The molecule has 0 spiro atoms. The smallest absolute Gasteiger partial charge is 0.0669 e. The summed E-state index contributed by atoms with van der Waals surface area (Å²) < 4.78 is 5.39. The highest BCUT2D eigenvalue weighted by molar-refractivity contribution is 5.45. The minimum absolute atomic E-state index is 0.430. The highest BCUT2D eigenvalue weighted by Gasteiger charge is 2.21. The average Bonchev–Trinajstić information content (AvgIpc) is 2.86. The van der Waals surface area contributed by atoms with E-state index in [1.807, 2.05) is 24.3 Å². The molecular formula is C14H18N2O. The molecule has 0 radical (unpaired) electrons. The van der Waals surface area contributed by atoms with E-state index >= 15 is 0 Å². The van der Waals surface area contributed by atoms with Crippen LogP contribution in [0.2, 0.25) is 0 Å². The van der Waals surface area contributed by atoms with Gasteiger partial charge in [0.2, 0.25) is 0 Å². The van der Waals surface area contributed by atoms with E-state index in [2.05, 4.69) is 18.3 Å². The molecule has 3 nitrogen and oxygen atoms in total. The van der Waals surface area contributed by atoms with E-state index in [0.717, 1.165) is 30.9 Å². The average molecular weight is 230 g/mol. The van der Waals surface area contributed by atoms with Crippen molar-refractivity contribution in [1.82, 2.24) is 0 Å². The van der Waals surface area contributed by atoms with Crippen molar-refractivity contribution < 1.29 is 4.74 Å². The predicted molar refractivity (Wildman–Crippen MR) is 67.8 cm³/mol. The van der Waals surface area contributed by atoms with Crippen LogP contribution in [0.3, 0.4) is 0 Å². The van der Waals surface area contributed by atoms with Gasteiger partial charge in [-0.15, -0.1) is 0 Å². The second-order valence-corrected chi connectivity index (χ2v) is 4.59. The molecule has 1 aromatic carbocycles. The first-order valence-corrected chi connectivity index (χ1v) is 6.10. The van der Waals surface area contributed by atoms with E-state index in [-0.39, 0.29) is 0 Å². The topological polar surface area (TPSA) is 45.0 Å². The molecule has 0 amide bonds. The second-order valence-electron chi connectivity index (χ2n) is 4.59. The Hall–Kier alpha value is -1.53. The molecule has 1 heterocycles. The number of rotatable bonds is 4. The lowest BCUT2D eigenvalue weighted by Gasteiger charge is -2.20. The van der Waals surface area contributed by atoms with Crippen LogP contribution >= 0.6 is 0 Å². The van der Waals surface area contributed by atoms with Crippen LogP contribution in [-0.2, 0) is 11.2 Å². The lowest BCUT2D eigenvalue weighted by Crippen LogP contribution is -2.26. The summed E-state index contributed by atoms with van der Waals surface area (Å²) in [6.07, 6.45) is 1.62. The van der Waals surface area contributed by atoms with Gasteiger partial charge in [0, 0.05) is 24.3 Å². The van der Waals surface area contributed by atoms with E-state index in [4.69, 9.17) is 10.00 Å². The Morgan fingerprint density at radius 2 is 2.24 bits per heavy atom. The van der Waals surface area contributed by atoms with Gasteiger partial charge in [0.25, 0.3) is 0 Å². The normalized spacial score (nSPS) is 20.8. The van der Waals surface area contributed by atoms with E-state index in [1.54, 1.807) is 0 Å². The summed E-state index contributed by atoms with van der Waals surface area (Å²) in [5.74, 6) is 0.605. The molecule has 2 unspecified atom stereocenters. The highest BCUT2D eigenvalue weighted by Crippen LogP contribution is 2.20. The molecule has 0 aromatic heterocycles. The minimum Gasteiger partial charge on any atom is -0.382 e. The fourth-order valence-corrected chi connectivity index (χ4v) is 2.14. The van der Waals surface area contributed by atoms with Crippen molar-refractivity contribution in [2.45, 2.75) is 25.8 Å². The van der Waals surface area contributed by atoms with Crippen LogP contribution < -0.4 is 5.32 Å². The SMILES string of the molecule is CC(Nc1ccc(CC#N)cc1)C1CCOC1. The molecule has 90 valence electrons. The highest BCUT2D eigenvalue weighted by atomic mass is 16.5. The van der Waals surface area contributed by atoms with Gasteiger partial charge >= 0.3 is 0 Å². The summed E-state index contributed by atoms with van der Waals surface area (Å²) in [7, 11) is 0. The molecule has 0 bridgehead atoms. The number of hydrogen-bond acceptors (Lipinski definition) is 3. The van der Waals surface area contributed by atoms with Crippen molar-refractivity contribution >= 4 is 5.69 Å². The molecule has 1 N–H and O–H groups in total. The van der Waals surface area contributed by atoms with Crippen LogP contribution in [0, 0.1) is 17.2 Å². The van der Waals surface area contributed by atoms with Gasteiger partial charge < -0.3 is 10.1 Å². The molecule has 1 aromatic rings. The lowest BCUT2D eigenvalue weighted by molar-refractivity contribution is 0.183. The van der Waals surface area contributed by atoms with Gasteiger partial charge in [-0.05, 0) is 31.0 Å². The lowest BCUT2D eigenvalue weighted by atomic mass is 10.0. The predicted octanol–water partition coefficient (Wildman–Crippen LogP) is 2.59. The van der Waals surface area contributed by atoms with Crippen molar-refractivity contribution in [3.8, 4) is 6.07 Å². The zero-order chi connectivity index (χ0) is 12.1. The number of ether oxygens (including phenoxy) is 1. The van der Waals surface area contributed by atoms with Gasteiger partial charge in [-0.25, -0.2) is 0 Å². The van der Waals surface area contributed by atoms with E-state index < -0.39 is 0 Å². The Bertz CT molecular complexity index is 388. The molecule has 17 heavy (non-hydrogen) atoms. The summed E-state index contributed by atoms with van der Waals surface area (Å²) >= 11 is 0. The number of nitrogens with one attached hydrogen (secondary N) is 1. The van der Waals surface area contributed by atoms with Gasteiger partial charge in [-0.1, -0.05) is 12.1 Å². The zero-order valence-corrected chi connectivity index (χ0v) is 10.1. The third-order valence-corrected chi connectivity index (χ3v) is 3.30. The summed E-state index contributed by atoms with van der Waals surface area (Å²) in [6, 6.07) is 10.7. The first-order valence-electron chi connectivity index (χ1n) is 6.10. The van der Waals surface area contributed by atoms with E-state index in [1.165, 1.54) is 0 Å². The first kappa shape index (κ1) is 11.9. The van der Waals surface area contributed by atoms with Crippen LogP contribution in [0.4, 0.5) is 5.69 Å². The van der Waals surface area contributed by atoms with Gasteiger partial charge in [0.15, 0.2) is 0 Å². The number of nitrogens with zero attached hydrogens (tertiary/aromatic N) is 1. The Labute approximate surface area is 102 Å². The number of hydrogen-bond donors (Lipinski definition) is 1. The standard InChI is InChI=1S/C14H18N2O/c1-11(13-7-9-17-10-13)16-14-4-2-12(3-5-14)6-8-15/h2-5,11,13,16H,6-7,9-10H2,1H3. The number of benzene rings is 1. The van der Waals surface area contributed by atoms with Crippen LogP contribution in [0.25, 0.3) is 0 Å². The molecule has 2 atom stereocenters. The van der Waals surface area contributed by atoms with Crippen molar-refractivity contribution in [1.29, 1.82) is 5.26 Å². The van der Waals surface area contributed by atoms with Gasteiger partial charge in [-0.3, -0.25) is 0 Å². The first-order chi connectivity index (χ1) is 8.29. The minimum atomic E-state index is 0.430. The Kier molecular flexibility index (Phi) is 4.00. The van der Waals surface area contributed by atoms with Crippen LogP contribution in [0.15, 0.2) is 24.3 Å². The molecule has 0 saturated carbocycles. The van der Waals surface area contributed by atoms with Crippen molar-refractivity contribution in [2.75, 3.05) is 18.5 Å². The molecule has 1 saturated heterocycles. The third-order valence-electron chi connectivity index (χ3n) is 3.30. The molecular weight excluding hydrogens is 212 g/mol. The largest absolute Gasteiger partial charge is 0.382 e. The monoisotopic (exact) mass is 230 g/mol. The summed E-state index contributed by atoms with van der Waals surface area (Å²) in [5.41, 5.74) is 2.18. The molecule has 1 aliphatic heterocycles. The maximum atomic E-state index is 8.60. The van der Waals surface area contributed by atoms with Gasteiger partial charge in [0.05, 0.1) is 19.1 Å². The maximum Gasteiger partial charge on any atom is 0.0669 e. The molecule has 1 fully saturated rings. The summed E-state index contributed by atoms with van der Waals surface area (Å²) in [4.78, 5) is 0.